The third-order valence-electron chi connectivity index (χ3n) is 2.32. The van der Waals surface area contributed by atoms with Gasteiger partial charge >= 0.3 is 0 Å². The lowest BCUT2D eigenvalue weighted by molar-refractivity contribution is 1.20. The minimum absolute atomic E-state index is 0.896. The van der Waals surface area contributed by atoms with Crippen LogP contribution in [0.5, 0.6) is 0 Å². The zero-order chi connectivity index (χ0) is 10.1. The third-order valence-corrected chi connectivity index (χ3v) is 2.32. The van der Waals surface area contributed by atoms with E-state index in [1.807, 2.05) is 7.05 Å². The number of anilines is 1. The standard InChI is InChI=1S/C11H13N3/c1-7-4-8(2)10-9(5-7)13-6-14-11(10)12-3/h4-6H,1-3H3,(H,12,13,14). The van der Waals surface area contributed by atoms with E-state index in [1.165, 1.54) is 11.1 Å². The Kier molecular flexibility index (Phi) is 2.08. The Hall–Kier alpha value is -1.64. The Balaban J connectivity index is 2.87. The smallest absolute Gasteiger partial charge is 0.137 e. The van der Waals surface area contributed by atoms with E-state index in [0.29, 0.717) is 0 Å². The molecule has 0 bridgehead atoms. The highest BCUT2D eigenvalue weighted by molar-refractivity contribution is 5.92. The fraction of sp³-hybridized carbons (Fsp3) is 0.273. The molecular weight excluding hydrogens is 174 g/mol. The van der Waals surface area contributed by atoms with Gasteiger partial charge in [-0.1, -0.05) is 6.07 Å². The predicted octanol–water partition coefficient (Wildman–Crippen LogP) is 2.29. The van der Waals surface area contributed by atoms with Crippen molar-refractivity contribution in [1.29, 1.82) is 0 Å². The molecule has 3 heteroatoms. The number of rotatable bonds is 1. The fourth-order valence-corrected chi connectivity index (χ4v) is 1.76. The third kappa shape index (κ3) is 1.31. The maximum atomic E-state index is 4.26. The van der Waals surface area contributed by atoms with Crippen LogP contribution in [0.1, 0.15) is 11.1 Å². The zero-order valence-electron chi connectivity index (χ0n) is 8.63. The van der Waals surface area contributed by atoms with Gasteiger partial charge in [-0.25, -0.2) is 9.97 Å². The van der Waals surface area contributed by atoms with Gasteiger partial charge in [-0.05, 0) is 31.0 Å². The van der Waals surface area contributed by atoms with E-state index >= 15 is 0 Å². The first-order valence-electron chi connectivity index (χ1n) is 4.62. The molecule has 0 spiro atoms. The van der Waals surface area contributed by atoms with Crippen molar-refractivity contribution in [1.82, 2.24) is 9.97 Å². The van der Waals surface area contributed by atoms with Gasteiger partial charge in [0.25, 0.3) is 0 Å². The van der Waals surface area contributed by atoms with Crippen LogP contribution in [0.2, 0.25) is 0 Å². The first-order chi connectivity index (χ1) is 6.72. The number of nitrogens with zero attached hydrogens (tertiary/aromatic N) is 2. The van der Waals surface area contributed by atoms with Gasteiger partial charge in [-0.15, -0.1) is 0 Å². The Morgan fingerprint density at radius 2 is 1.93 bits per heavy atom. The van der Waals surface area contributed by atoms with Crippen LogP contribution in [-0.2, 0) is 0 Å². The summed E-state index contributed by atoms with van der Waals surface area (Å²) in [6, 6.07) is 4.22. The van der Waals surface area contributed by atoms with Crippen LogP contribution in [-0.4, -0.2) is 17.0 Å². The molecule has 1 heterocycles. The van der Waals surface area contributed by atoms with E-state index in [4.69, 9.17) is 0 Å². The summed E-state index contributed by atoms with van der Waals surface area (Å²) in [5, 5.41) is 4.19. The lowest BCUT2D eigenvalue weighted by Gasteiger charge is -2.07. The summed E-state index contributed by atoms with van der Waals surface area (Å²) in [4.78, 5) is 8.45. The molecule has 0 saturated heterocycles. The lowest BCUT2D eigenvalue weighted by Crippen LogP contribution is -1.96. The Labute approximate surface area is 83.2 Å². The average molecular weight is 187 g/mol. The first-order valence-corrected chi connectivity index (χ1v) is 4.62. The molecule has 2 aromatic rings. The van der Waals surface area contributed by atoms with E-state index in [0.717, 1.165) is 16.7 Å². The molecule has 72 valence electrons. The number of fused-ring (bicyclic) bond motifs is 1. The van der Waals surface area contributed by atoms with Gasteiger partial charge in [-0.2, -0.15) is 0 Å². The summed E-state index contributed by atoms with van der Waals surface area (Å²) < 4.78 is 0. The largest absolute Gasteiger partial charge is 0.373 e. The molecule has 0 aliphatic rings. The molecule has 1 aromatic carbocycles. The van der Waals surface area contributed by atoms with Crippen molar-refractivity contribution >= 4 is 16.7 Å². The van der Waals surface area contributed by atoms with Crippen LogP contribution in [0.15, 0.2) is 18.5 Å². The molecule has 0 aliphatic heterocycles. The quantitative estimate of drug-likeness (QED) is 0.744. The molecule has 3 nitrogen and oxygen atoms in total. The van der Waals surface area contributed by atoms with Crippen LogP contribution >= 0.6 is 0 Å². The van der Waals surface area contributed by atoms with Gasteiger partial charge in [0.05, 0.1) is 5.52 Å². The molecule has 14 heavy (non-hydrogen) atoms. The second-order valence-corrected chi connectivity index (χ2v) is 3.45. The fourth-order valence-electron chi connectivity index (χ4n) is 1.76. The van der Waals surface area contributed by atoms with Gasteiger partial charge in [0.15, 0.2) is 0 Å². The van der Waals surface area contributed by atoms with E-state index in [1.54, 1.807) is 6.33 Å². The van der Waals surface area contributed by atoms with E-state index < -0.39 is 0 Å². The molecule has 0 saturated carbocycles. The molecular formula is C11H13N3. The van der Waals surface area contributed by atoms with Crippen molar-refractivity contribution in [3.8, 4) is 0 Å². The van der Waals surface area contributed by atoms with Crippen molar-refractivity contribution in [3.63, 3.8) is 0 Å². The number of hydrogen-bond acceptors (Lipinski definition) is 3. The number of hydrogen-bond donors (Lipinski definition) is 1. The highest BCUT2D eigenvalue weighted by Gasteiger charge is 2.05. The topological polar surface area (TPSA) is 37.8 Å². The number of benzene rings is 1. The van der Waals surface area contributed by atoms with Crippen LogP contribution in [0.4, 0.5) is 5.82 Å². The molecule has 0 fully saturated rings. The number of nitrogens with one attached hydrogen (secondary N) is 1. The van der Waals surface area contributed by atoms with Gasteiger partial charge in [0.2, 0.25) is 0 Å². The SMILES string of the molecule is CNc1ncnc2cc(C)cc(C)c12. The van der Waals surface area contributed by atoms with Gasteiger partial charge in [0, 0.05) is 12.4 Å². The summed E-state index contributed by atoms with van der Waals surface area (Å²) in [5.74, 6) is 0.896. The molecule has 0 atom stereocenters. The first kappa shape index (κ1) is 8.94. The van der Waals surface area contributed by atoms with Crippen LogP contribution < -0.4 is 5.32 Å². The highest BCUT2D eigenvalue weighted by Crippen LogP contribution is 2.23. The summed E-state index contributed by atoms with van der Waals surface area (Å²) in [5.41, 5.74) is 3.45. The minimum Gasteiger partial charge on any atom is -0.373 e. The van der Waals surface area contributed by atoms with Gasteiger partial charge in [-0.3, -0.25) is 0 Å². The summed E-state index contributed by atoms with van der Waals surface area (Å²) in [6.45, 7) is 4.16. The van der Waals surface area contributed by atoms with Crippen LogP contribution in [0, 0.1) is 13.8 Å². The van der Waals surface area contributed by atoms with Gasteiger partial charge in [0.1, 0.15) is 12.1 Å². The zero-order valence-corrected chi connectivity index (χ0v) is 8.63. The minimum atomic E-state index is 0.896. The average Bonchev–Trinajstić information content (AvgIpc) is 2.16. The molecule has 2 rings (SSSR count). The van der Waals surface area contributed by atoms with E-state index in [9.17, 15) is 0 Å². The Morgan fingerprint density at radius 3 is 2.64 bits per heavy atom. The summed E-state index contributed by atoms with van der Waals surface area (Å²) >= 11 is 0. The van der Waals surface area contributed by atoms with Crippen molar-refractivity contribution < 1.29 is 0 Å². The highest BCUT2D eigenvalue weighted by atomic mass is 15.0. The van der Waals surface area contributed by atoms with E-state index in [-0.39, 0.29) is 0 Å². The Bertz CT molecular complexity index is 477. The maximum absolute atomic E-state index is 4.26. The van der Waals surface area contributed by atoms with Crippen molar-refractivity contribution in [2.45, 2.75) is 13.8 Å². The molecule has 0 radical (unpaired) electrons. The molecule has 1 aromatic heterocycles. The second kappa shape index (κ2) is 3.25. The van der Waals surface area contributed by atoms with Gasteiger partial charge < -0.3 is 5.32 Å². The maximum Gasteiger partial charge on any atom is 0.137 e. The van der Waals surface area contributed by atoms with Crippen molar-refractivity contribution in [2.24, 2.45) is 0 Å². The molecule has 0 amide bonds. The summed E-state index contributed by atoms with van der Waals surface area (Å²) in [6.07, 6.45) is 1.59. The molecule has 0 unspecified atom stereocenters. The summed E-state index contributed by atoms with van der Waals surface area (Å²) in [7, 11) is 1.88. The second-order valence-electron chi connectivity index (χ2n) is 3.45. The van der Waals surface area contributed by atoms with Crippen LogP contribution in [0.25, 0.3) is 10.9 Å². The molecule has 0 aliphatic carbocycles. The molecule has 1 N–H and O–H groups in total. The van der Waals surface area contributed by atoms with Crippen molar-refractivity contribution in [2.75, 3.05) is 12.4 Å². The predicted molar refractivity (Wildman–Crippen MR) is 58.6 cm³/mol. The van der Waals surface area contributed by atoms with Crippen LogP contribution in [0.3, 0.4) is 0 Å². The normalized spacial score (nSPS) is 10.5. The van der Waals surface area contributed by atoms with Crippen molar-refractivity contribution in [3.05, 3.63) is 29.6 Å². The van der Waals surface area contributed by atoms with E-state index in [2.05, 4.69) is 41.3 Å². The Morgan fingerprint density at radius 1 is 1.14 bits per heavy atom. The number of aryl methyl sites for hydroxylation is 2. The number of aromatic nitrogens is 2. The monoisotopic (exact) mass is 187 g/mol. The lowest BCUT2D eigenvalue weighted by atomic mass is 10.1.